The van der Waals surface area contributed by atoms with Crippen LogP contribution >= 0.6 is 0 Å². The van der Waals surface area contributed by atoms with E-state index in [0.717, 1.165) is 47.4 Å². The average Bonchev–Trinajstić information content (AvgIpc) is 3.22. The normalized spacial score (nSPS) is 15.8. The molecule has 0 radical (unpaired) electrons. The van der Waals surface area contributed by atoms with E-state index in [4.69, 9.17) is 4.42 Å². The molecule has 0 bridgehead atoms. The van der Waals surface area contributed by atoms with Crippen LogP contribution in [0.3, 0.4) is 0 Å². The molecule has 4 rings (SSSR count). The lowest BCUT2D eigenvalue weighted by Crippen LogP contribution is -2.31. The average molecular weight is 359 g/mol. The molecule has 3 aromatic rings. The Hall–Kier alpha value is -3.21. The van der Waals surface area contributed by atoms with E-state index in [1.54, 1.807) is 4.90 Å². The number of hydrogen-bond donors (Lipinski definition) is 0. The minimum Gasteiger partial charge on any atom is -0.436 e. The first-order valence-corrected chi connectivity index (χ1v) is 9.20. The molecule has 136 valence electrons. The third-order valence-corrected chi connectivity index (χ3v) is 4.63. The van der Waals surface area contributed by atoms with Gasteiger partial charge in [-0.2, -0.15) is 0 Å². The van der Waals surface area contributed by atoms with Gasteiger partial charge in [-0.3, -0.25) is 9.69 Å². The molecule has 0 spiro atoms. The molecule has 2 aromatic carbocycles. The van der Waals surface area contributed by atoms with Crippen molar-refractivity contribution < 1.29 is 9.21 Å². The molecule has 0 fully saturated rings. The van der Waals surface area contributed by atoms with Gasteiger partial charge in [0.15, 0.2) is 5.58 Å². The Labute approximate surface area is 158 Å². The van der Waals surface area contributed by atoms with Gasteiger partial charge in [-0.1, -0.05) is 37.6 Å². The van der Waals surface area contributed by atoms with E-state index in [2.05, 4.69) is 16.9 Å². The molecule has 1 amide bonds. The van der Waals surface area contributed by atoms with E-state index in [1.165, 1.54) is 0 Å². The number of fused-ring (bicyclic) bond motifs is 1. The molecule has 5 nitrogen and oxygen atoms in total. The van der Waals surface area contributed by atoms with Crippen LogP contribution in [0.4, 0.5) is 0 Å². The fraction of sp³-hybridized carbons (Fsp3) is 0.227. The zero-order chi connectivity index (χ0) is 18.8. The molecule has 0 atom stereocenters. The number of unbranched alkanes of at least 4 members (excludes halogenated alkanes) is 1. The Morgan fingerprint density at radius 2 is 1.89 bits per heavy atom. The molecule has 0 unspecified atom stereocenters. The summed E-state index contributed by atoms with van der Waals surface area (Å²) in [6, 6.07) is 15.5. The van der Waals surface area contributed by atoms with E-state index in [9.17, 15) is 4.79 Å². The van der Waals surface area contributed by atoms with Crippen molar-refractivity contribution in [1.29, 1.82) is 0 Å². The van der Waals surface area contributed by atoms with E-state index in [-0.39, 0.29) is 5.91 Å². The second kappa shape index (κ2) is 7.19. The van der Waals surface area contributed by atoms with Crippen LogP contribution < -0.4 is 0 Å². The summed E-state index contributed by atoms with van der Waals surface area (Å²) < 4.78 is 5.80. The fourth-order valence-corrected chi connectivity index (χ4v) is 3.12. The third kappa shape index (κ3) is 3.40. The number of nitrogens with zero attached hydrogens (tertiary/aromatic N) is 3. The predicted molar refractivity (Wildman–Crippen MR) is 107 cm³/mol. The first kappa shape index (κ1) is 17.2. The minimum absolute atomic E-state index is 0.0241. The largest absolute Gasteiger partial charge is 0.436 e. The van der Waals surface area contributed by atoms with E-state index in [0.29, 0.717) is 11.6 Å². The lowest BCUT2D eigenvalue weighted by atomic mass is 10.1. The van der Waals surface area contributed by atoms with Gasteiger partial charge in [-0.15, -0.1) is 0 Å². The fourth-order valence-electron chi connectivity index (χ4n) is 3.12. The number of aromatic nitrogens is 1. The summed E-state index contributed by atoms with van der Waals surface area (Å²) in [6.45, 7) is 4.71. The first-order valence-electron chi connectivity index (χ1n) is 9.20. The number of oxazole rings is 1. The van der Waals surface area contributed by atoms with E-state index in [1.807, 2.05) is 61.5 Å². The van der Waals surface area contributed by atoms with Crippen LogP contribution in [-0.4, -0.2) is 28.2 Å². The standard InChI is InChI=1S/C22H21N3O2/c1-3-4-13-25-15(2)23-19(22(25)26)14-16-9-11-17(12-10-16)21-24-18-7-5-6-8-20(18)27-21/h5-12,14H,3-4,13H2,1-2H3/b19-14-. The number of benzene rings is 2. The third-order valence-electron chi connectivity index (χ3n) is 4.63. The molecule has 1 aromatic heterocycles. The SMILES string of the molecule is CCCCN1C(=O)/C(=C/c2ccc(-c3nc4ccccc4o3)cc2)N=C1C. The summed E-state index contributed by atoms with van der Waals surface area (Å²) in [5, 5.41) is 0. The minimum atomic E-state index is -0.0241. The van der Waals surface area contributed by atoms with Gasteiger partial charge in [0.1, 0.15) is 17.0 Å². The number of amidine groups is 1. The number of para-hydroxylation sites is 2. The van der Waals surface area contributed by atoms with Crippen LogP contribution in [0, 0.1) is 0 Å². The van der Waals surface area contributed by atoms with Crippen LogP contribution in [0.25, 0.3) is 28.6 Å². The number of amides is 1. The van der Waals surface area contributed by atoms with Crippen molar-refractivity contribution in [3.8, 4) is 11.5 Å². The predicted octanol–water partition coefficient (Wildman–Crippen LogP) is 4.90. The zero-order valence-corrected chi connectivity index (χ0v) is 15.5. The van der Waals surface area contributed by atoms with Crippen LogP contribution in [-0.2, 0) is 4.79 Å². The van der Waals surface area contributed by atoms with Crippen molar-refractivity contribution in [2.24, 2.45) is 4.99 Å². The number of carbonyl (C=O) groups excluding carboxylic acids is 1. The summed E-state index contributed by atoms with van der Waals surface area (Å²) in [5.74, 6) is 1.33. The quantitative estimate of drug-likeness (QED) is 0.609. The Morgan fingerprint density at radius 1 is 1.11 bits per heavy atom. The van der Waals surface area contributed by atoms with Crippen LogP contribution in [0.15, 0.2) is 63.6 Å². The van der Waals surface area contributed by atoms with Crippen LogP contribution in [0.1, 0.15) is 32.3 Å². The summed E-state index contributed by atoms with van der Waals surface area (Å²) in [6.07, 6.45) is 3.85. The molecule has 1 aliphatic heterocycles. The lowest BCUT2D eigenvalue weighted by molar-refractivity contribution is -0.122. The van der Waals surface area contributed by atoms with Crippen molar-refractivity contribution in [2.45, 2.75) is 26.7 Å². The maximum absolute atomic E-state index is 12.5. The molecular formula is C22H21N3O2. The number of carbonyl (C=O) groups is 1. The van der Waals surface area contributed by atoms with Gasteiger partial charge in [0.25, 0.3) is 5.91 Å². The smallest absolute Gasteiger partial charge is 0.277 e. The maximum atomic E-state index is 12.5. The summed E-state index contributed by atoms with van der Waals surface area (Å²) in [4.78, 5) is 23.2. The molecule has 0 saturated heterocycles. The molecule has 0 saturated carbocycles. The zero-order valence-electron chi connectivity index (χ0n) is 15.5. The second-order valence-corrected chi connectivity index (χ2v) is 6.61. The van der Waals surface area contributed by atoms with Crippen LogP contribution in [0.5, 0.6) is 0 Å². The summed E-state index contributed by atoms with van der Waals surface area (Å²) >= 11 is 0. The molecular weight excluding hydrogens is 338 g/mol. The second-order valence-electron chi connectivity index (χ2n) is 6.61. The molecule has 5 heteroatoms. The Morgan fingerprint density at radius 3 is 2.63 bits per heavy atom. The highest BCUT2D eigenvalue weighted by Crippen LogP contribution is 2.25. The lowest BCUT2D eigenvalue weighted by Gasteiger charge is -2.14. The van der Waals surface area contributed by atoms with Gasteiger partial charge in [0.2, 0.25) is 5.89 Å². The van der Waals surface area contributed by atoms with E-state index >= 15 is 0 Å². The van der Waals surface area contributed by atoms with Gasteiger partial charge in [0.05, 0.1) is 0 Å². The highest BCUT2D eigenvalue weighted by molar-refractivity contribution is 6.13. The van der Waals surface area contributed by atoms with Gasteiger partial charge in [-0.05, 0) is 49.2 Å². The van der Waals surface area contributed by atoms with Crippen molar-refractivity contribution in [2.75, 3.05) is 6.54 Å². The first-order chi connectivity index (χ1) is 13.2. The molecule has 27 heavy (non-hydrogen) atoms. The van der Waals surface area contributed by atoms with E-state index < -0.39 is 0 Å². The highest BCUT2D eigenvalue weighted by atomic mass is 16.3. The monoisotopic (exact) mass is 359 g/mol. The van der Waals surface area contributed by atoms with Gasteiger partial charge in [-0.25, -0.2) is 9.98 Å². The molecule has 0 aliphatic carbocycles. The van der Waals surface area contributed by atoms with Crippen LogP contribution in [0.2, 0.25) is 0 Å². The molecule has 0 N–H and O–H groups in total. The Balaban J connectivity index is 1.56. The van der Waals surface area contributed by atoms with Gasteiger partial charge < -0.3 is 4.42 Å². The Kier molecular flexibility index (Phi) is 4.59. The van der Waals surface area contributed by atoms with Crippen molar-refractivity contribution in [3.05, 3.63) is 59.8 Å². The topological polar surface area (TPSA) is 58.7 Å². The van der Waals surface area contributed by atoms with Crippen molar-refractivity contribution in [3.63, 3.8) is 0 Å². The van der Waals surface area contributed by atoms with Crippen molar-refractivity contribution >= 4 is 28.9 Å². The summed E-state index contributed by atoms with van der Waals surface area (Å²) in [5.41, 5.74) is 3.92. The highest BCUT2D eigenvalue weighted by Gasteiger charge is 2.26. The summed E-state index contributed by atoms with van der Waals surface area (Å²) in [7, 11) is 0. The van der Waals surface area contributed by atoms with Gasteiger partial charge in [0, 0.05) is 12.1 Å². The van der Waals surface area contributed by atoms with Crippen molar-refractivity contribution in [1.82, 2.24) is 9.88 Å². The Bertz CT molecular complexity index is 1010. The number of rotatable bonds is 5. The van der Waals surface area contributed by atoms with Gasteiger partial charge >= 0.3 is 0 Å². The molecule has 2 heterocycles. The number of aliphatic imine (C=N–C) groups is 1. The maximum Gasteiger partial charge on any atom is 0.277 e. The molecule has 1 aliphatic rings. The number of hydrogen-bond acceptors (Lipinski definition) is 4.